The Kier molecular flexibility index (Phi) is 5.63. The Hall–Kier alpha value is -6.78. The molecule has 3 heterocycles. The Morgan fingerprint density at radius 1 is 0.340 bits per heavy atom. The van der Waals surface area contributed by atoms with E-state index in [1.807, 2.05) is 0 Å². The van der Waals surface area contributed by atoms with Crippen molar-refractivity contribution in [2.75, 3.05) is 0 Å². The number of para-hydroxylation sites is 3. The second kappa shape index (κ2) is 10.4. The molecule has 0 unspecified atom stereocenters. The van der Waals surface area contributed by atoms with Crippen LogP contribution in [-0.4, -0.2) is 19.1 Å². The van der Waals surface area contributed by atoms with Gasteiger partial charge < -0.3 is 4.57 Å². The molecule has 0 saturated heterocycles. The molecule has 0 aliphatic carbocycles. The van der Waals surface area contributed by atoms with E-state index in [0.717, 1.165) is 44.4 Å². The number of nitrogens with zero attached hydrogens (tertiary/aromatic N) is 4. The zero-order valence-corrected chi connectivity index (χ0v) is 27.0. The SMILES string of the molecule is c1ccc(-n2c3ccccc3c3cc4c5cc6ccccc6cc5n(-c5nc(-c6cccc7ccccc67)c6ccccc6n5)c4cc32)cc1. The lowest BCUT2D eigenvalue weighted by Crippen LogP contribution is -2.04. The average Bonchev–Trinajstić information content (AvgIpc) is 3.67. The van der Waals surface area contributed by atoms with Crippen molar-refractivity contribution in [1.82, 2.24) is 19.1 Å². The van der Waals surface area contributed by atoms with E-state index in [1.54, 1.807) is 0 Å². The van der Waals surface area contributed by atoms with Gasteiger partial charge in [0.05, 0.1) is 33.3 Å². The highest BCUT2D eigenvalue weighted by atomic mass is 15.2. The minimum Gasteiger partial charge on any atom is -0.309 e. The first-order valence-corrected chi connectivity index (χ1v) is 17.0. The Morgan fingerprint density at radius 2 is 0.940 bits per heavy atom. The van der Waals surface area contributed by atoms with Crippen LogP contribution < -0.4 is 0 Å². The van der Waals surface area contributed by atoms with Gasteiger partial charge in [-0.3, -0.25) is 4.57 Å². The predicted octanol–water partition coefficient (Wildman–Crippen LogP) is 11.8. The van der Waals surface area contributed by atoms with Gasteiger partial charge in [0.2, 0.25) is 5.95 Å². The van der Waals surface area contributed by atoms with Gasteiger partial charge in [0, 0.05) is 38.2 Å². The van der Waals surface area contributed by atoms with Crippen LogP contribution in [0.3, 0.4) is 0 Å². The fourth-order valence-corrected chi connectivity index (χ4v) is 8.04. The largest absolute Gasteiger partial charge is 0.309 e. The standard InChI is InChI=1S/C46H28N4/c1-2-17-32(18-3-1)49-41-24-11-9-20-34(41)38-27-39-37-25-30-14-4-5-15-31(30)26-42(37)50(44(39)28-43(38)49)46-47-40-23-10-8-21-36(40)45(48-46)35-22-12-16-29-13-6-7-19-33(29)35/h1-28H. The number of rotatable bonds is 3. The summed E-state index contributed by atoms with van der Waals surface area (Å²) >= 11 is 0. The highest BCUT2D eigenvalue weighted by molar-refractivity contribution is 6.20. The van der Waals surface area contributed by atoms with E-state index in [1.165, 1.54) is 48.6 Å². The van der Waals surface area contributed by atoms with Crippen LogP contribution in [0.25, 0.3) is 99.0 Å². The topological polar surface area (TPSA) is 35.6 Å². The number of fused-ring (bicyclic) bond motifs is 9. The minimum absolute atomic E-state index is 0.656. The molecule has 0 atom stereocenters. The van der Waals surface area contributed by atoms with Gasteiger partial charge in [-0.25, -0.2) is 9.97 Å². The van der Waals surface area contributed by atoms with Crippen molar-refractivity contribution in [2.45, 2.75) is 0 Å². The molecule has 11 aromatic rings. The third-order valence-corrected chi connectivity index (χ3v) is 10.3. The van der Waals surface area contributed by atoms with Crippen LogP contribution in [0, 0.1) is 0 Å². The third-order valence-electron chi connectivity index (χ3n) is 10.3. The van der Waals surface area contributed by atoms with Gasteiger partial charge in [0.1, 0.15) is 0 Å². The van der Waals surface area contributed by atoms with E-state index in [-0.39, 0.29) is 0 Å². The number of benzene rings is 8. The molecule has 3 aromatic heterocycles. The predicted molar refractivity (Wildman–Crippen MR) is 209 cm³/mol. The molecule has 11 rings (SSSR count). The maximum atomic E-state index is 5.49. The molecule has 0 aliphatic rings. The van der Waals surface area contributed by atoms with E-state index >= 15 is 0 Å². The fraction of sp³-hybridized carbons (Fsp3) is 0. The molecular weight excluding hydrogens is 609 g/mol. The molecule has 0 amide bonds. The molecule has 0 N–H and O–H groups in total. The van der Waals surface area contributed by atoms with Gasteiger partial charge in [0.15, 0.2) is 0 Å². The fourth-order valence-electron chi connectivity index (χ4n) is 8.04. The Bertz CT molecular complexity index is 3140. The van der Waals surface area contributed by atoms with E-state index in [0.29, 0.717) is 5.95 Å². The van der Waals surface area contributed by atoms with E-state index < -0.39 is 0 Å². The second-order valence-electron chi connectivity index (χ2n) is 13.0. The molecule has 4 nitrogen and oxygen atoms in total. The van der Waals surface area contributed by atoms with Crippen LogP contribution in [0.4, 0.5) is 0 Å². The van der Waals surface area contributed by atoms with Crippen LogP contribution in [0.5, 0.6) is 0 Å². The van der Waals surface area contributed by atoms with Gasteiger partial charge in [-0.05, 0) is 70.1 Å². The maximum absolute atomic E-state index is 5.49. The summed E-state index contributed by atoms with van der Waals surface area (Å²) < 4.78 is 4.66. The van der Waals surface area contributed by atoms with Crippen molar-refractivity contribution in [3.63, 3.8) is 0 Å². The van der Waals surface area contributed by atoms with Gasteiger partial charge in [-0.15, -0.1) is 0 Å². The summed E-state index contributed by atoms with van der Waals surface area (Å²) in [5.41, 5.74) is 8.56. The molecule has 0 radical (unpaired) electrons. The Labute approximate surface area is 287 Å². The summed E-state index contributed by atoms with van der Waals surface area (Å²) in [4.78, 5) is 10.8. The molecular formula is C46H28N4. The lowest BCUT2D eigenvalue weighted by atomic mass is 9.99. The molecule has 0 aliphatic heterocycles. The van der Waals surface area contributed by atoms with Gasteiger partial charge >= 0.3 is 0 Å². The van der Waals surface area contributed by atoms with Crippen molar-refractivity contribution in [3.05, 3.63) is 170 Å². The van der Waals surface area contributed by atoms with E-state index in [4.69, 9.17) is 9.97 Å². The van der Waals surface area contributed by atoms with Crippen molar-refractivity contribution in [2.24, 2.45) is 0 Å². The van der Waals surface area contributed by atoms with Crippen LogP contribution in [-0.2, 0) is 0 Å². The van der Waals surface area contributed by atoms with E-state index in [2.05, 4.69) is 179 Å². The minimum atomic E-state index is 0.656. The number of hydrogen-bond acceptors (Lipinski definition) is 2. The average molecular weight is 637 g/mol. The maximum Gasteiger partial charge on any atom is 0.235 e. The smallest absolute Gasteiger partial charge is 0.235 e. The summed E-state index contributed by atoms with van der Waals surface area (Å²) in [5, 5.41) is 10.6. The van der Waals surface area contributed by atoms with Crippen molar-refractivity contribution < 1.29 is 0 Å². The Balaban J connectivity index is 1.31. The first-order chi connectivity index (χ1) is 24.8. The Morgan fingerprint density at radius 3 is 1.80 bits per heavy atom. The number of hydrogen-bond donors (Lipinski definition) is 0. The van der Waals surface area contributed by atoms with Crippen LogP contribution in [0.1, 0.15) is 0 Å². The molecule has 50 heavy (non-hydrogen) atoms. The zero-order valence-electron chi connectivity index (χ0n) is 27.0. The summed E-state index contributed by atoms with van der Waals surface area (Å²) in [5.74, 6) is 0.656. The van der Waals surface area contributed by atoms with E-state index in [9.17, 15) is 0 Å². The van der Waals surface area contributed by atoms with Gasteiger partial charge in [0.25, 0.3) is 0 Å². The normalized spacial score (nSPS) is 12.0. The van der Waals surface area contributed by atoms with Crippen LogP contribution in [0.2, 0.25) is 0 Å². The third kappa shape index (κ3) is 3.87. The summed E-state index contributed by atoms with van der Waals surface area (Å²) in [7, 11) is 0. The zero-order chi connectivity index (χ0) is 32.8. The summed E-state index contributed by atoms with van der Waals surface area (Å²) in [6.45, 7) is 0. The monoisotopic (exact) mass is 636 g/mol. The second-order valence-corrected chi connectivity index (χ2v) is 13.0. The van der Waals surface area contributed by atoms with Crippen molar-refractivity contribution >= 4 is 76.1 Å². The molecule has 0 spiro atoms. The molecule has 232 valence electrons. The first kappa shape index (κ1) is 27.2. The van der Waals surface area contributed by atoms with Gasteiger partial charge in [-0.1, -0.05) is 121 Å². The quantitative estimate of drug-likeness (QED) is 0.193. The van der Waals surface area contributed by atoms with Gasteiger partial charge in [-0.2, -0.15) is 0 Å². The van der Waals surface area contributed by atoms with Crippen molar-refractivity contribution in [3.8, 4) is 22.9 Å². The lowest BCUT2D eigenvalue weighted by Gasteiger charge is -2.13. The molecule has 8 aromatic carbocycles. The highest BCUT2D eigenvalue weighted by Crippen LogP contribution is 2.41. The number of aromatic nitrogens is 4. The van der Waals surface area contributed by atoms with Crippen LogP contribution in [0.15, 0.2) is 170 Å². The summed E-state index contributed by atoms with van der Waals surface area (Å²) in [6, 6.07) is 60.7. The van der Waals surface area contributed by atoms with Crippen molar-refractivity contribution in [1.29, 1.82) is 0 Å². The molecule has 0 saturated carbocycles. The molecule has 4 heteroatoms. The first-order valence-electron chi connectivity index (χ1n) is 17.0. The molecule has 0 fully saturated rings. The summed E-state index contributed by atoms with van der Waals surface area (Å²) in [6.07, 6.45) is 0. The lowest BCUT2D eigenvalue weighted by molar-refractivity contribution is 1.01. The van der Waals surface area contributed by atoms with Crippen LogP contribution >= 0.6 is 0 Å². The highest BCUT2D eigenvalue weighted by Gasteiger charge is 2.21. The molecule has 0 bridgehead atoms.